The molecule has 0 aliphatic rings. The predicted octanol–water partition coefficient (Wildman–Crippen LogP) is 1.47. The van der Waals surface area contributed by atoms with Gasteiger partial charge in [-0.1, -0.05) is 18.2 Å². The van der Waals surface area contributed by atoms with Gasteiger partial charge in [-0.3, -0.25) is 0 Å². The second-order valence-corrected chi connectivity index (χ2v) is 6.78. The molecule has 0 bridgehead atoms. The largest absolute Gasteiger partial charge is 0.377 e. The molecular formula is C13H21NO3S. The summed E-state index contributed by atoms with van der Waals surface area (Å²) in [4.78, 5) is 0.345. The third kappa shape index (κ3) is 3.54. The van der Waals surface area contributed by atoms with Crippen LogP contribution in [-0.4, -0.2) is 40.0 Å². The highest BCUT2D eigenvalue weighted by Crippen LogP contribution is 2.19. The quantitative estimate of drug-likeness (QED) is 0.851. The molecule has 1 N–H and O–H groups in total. The third-order valence-corrected chi connectivity index (χ3v) is 4.96. The molecule has 5 heteroatoms. The Labute approximate surface area is 109 Å². The Kier molecular flexibility index (Phi) is 4.90. The van der Waals surface area contributed by atoms with Crippen molar-refractivity contribution in [2.45, 2.75) is 30.4 Å². The summed E-state index contributed by atoms with van der Waals surface area (Å²) in [5.74, 6) is 0.00829. The first-order chi connectivity index (χ1) is 8.33. The van der Waals surface area contributed by atoms with Crippen molar-refractivity contribution in [2.75, 3.05) is 19.9 Å². The maximum absolute atomic E-state index is 12.3. The van der Waals surface area contributed by atoms with Crippen molar-refractivity contribution in [3.8, 4) is 0 Å². The number of rotatable bonds is 6. The Morgan fingerprint density at radius 2 is 1.83 bits per heavy atom. The van der Waals surface area contributed by atoms with E-state index in [0.717, 1.165) is 0 Å². The van der Waals surface area contributed by atoms with Crippen LogP contribution in [0.2, 0.25) is 0 Å². The molecule has 0 saturated carbocycles. The van der Waals surface area contributed by atoms with E-state index in [4.69, 9.17) is 4.74 Å². The normalized spacial score (nSPS) is 14.4. The number of hydrogen-bond acceptors (Lipinski definition) is 4. The summed E-state index contributed by atoms with van der Waals surface area (Å²) in [5, 5.41) is 3.01. The minimum atomic E-state index is -3.31. The molecule has 0 saturated heterocycles. The number of hydrogen-bond donors (Lipinski definition) is 1. The van der Waals surface area contributed by atoms with E-state index in [1.54, 1.807) is 44.5 Å². The zero-order valence-electron chi connectivity index (χ0n) is 11.3. The number of methoxy groups -OCH3 is 1. The molecule has 1 aromatic rings. The van der Waals surface area contributed by atoms with E-state index in [0.29, 0.717) is 4.90 Å². The van der Waals surface area contributed by atoms with Crippen LogP contribution in [0.1, 0.15) is 13.8 Å². The zero-order valence-corrected chi connectivity index (χ0v) is 12.1. The van der Waals surface area contributed by atoms with E-state index < -0.39 is 15.4 Å². The Bertz CT molecular complexity index is 468. The van der Waals surface area contributed by atoms with Crippen LogP contribution in [-0.2, 0) is 14.6 Å². The Morgan fingerprint density at radius 3 is 2.28 bits per heavy atom. The fourth-order valence-corrected chi connectivity index (χ4v) is 3.49. The summed E-state index contributed by atoms with van der Waals surface area (Å²) in [6.45, 7) is 3.74. The van der Waals surface area contributed by atoms with E-state index in [1.165, 1.54) is 0 Å². The maximum atomic E-state index is 12.3. The minimum Gasteiger partial charge on any atom is -0.377 e. The van der Waals surface area contributed by atoms with Crippen LogP contribution in [0, 0.1) is 0 Å². The van der Waals surface area contributed by atoms with Gasteiger partial charge in [-0.2, -0.15) is 0 Å². The molecule has 0 aliphatic carbocycles. The van der Waals surface area contributed by atoms with Gasteiger partial charge in [-0.15, -0.1) is 0 Å². The van der Waals surface area contributed by atoms with Crippen molar-refractivity contribution in [3.63, 3.8) is 0 Å². The van der Waals surface area contributed by atoms with Crippen molar-refractivity contribution in [1.82, 2.24) is 5.32 Å². The van der Waals surface area contributed by atoms with Crippen LogP contribution < -0.4 is 5.32 Å². The first-order valence-electron chi connectivity index (χ1n) is 5.83. The number of likely N-dealkylation sites (N-methyl/N-ethyl adjacent to an activating group) is 1. The van der Waals surface area contributed by atoms with E-state index in [2.05, 4.69) is 5.32 Å². The second-order valence-electron chi connectivity index (χ2n) is 4.74. The first kappa shape index (κ1) is 15.1. The molecule has 0 aliphatic heterocycles. The molecule has 0 heterocycles. The van der Waals surface area contributed by atoms with Gasteiger partial charge in [0.2, 0.25) is 0 Å². The predicted molar refractivity (Wildman–Crippen MR) is 72.4 cm³/mol. The summed E-state index contributed by atoms with van der Waals surface area (Å²) in [5.41, 5.74) is -0.545. The molecule has 1 aromatic carbocycles. The molecule has 1 unspecified atom stereocenters. The first-order valence-corrected chi connectivity index (χ1v) is 7.49. The van der Waals surface area contributed by atoms with Gasteiger partial charge in [0.25, 0.3) is 0 Å². The zero-order chi connectivity index (χ0) is 13.8. The standard InChI is InChI=1S/C13H21NO3S/c1-13(2,17-4)12(14-3)10-18(15,16)11-8-6-5-7-9-11/h5-9,12,14H,10H2,1-4H3. The highest BCUT2D eigenvalue weighted by molar-refractivity contribution is 7.91. The van der Waals surface area contributed by atoms with E-state index in [9.17, 15) is 8.42 Å². The van der Waals surface area contributed by atoms with Crippen molar-refractivity contribution in [2.24, 2.45) is 0 Å². The van der Waals surface area contributed by atoms with Gasteiger partial charge in [0, 0.05) is 13.2 Å². The molecule has 0 radical (unpaired) electrons. The average Bonchev–Trinajstić information content (AvgIpc) is 2.37. The van der Waals surface area contributed by atoms with E-state index in [-0.39, 0.29) is 11.8 Å². The van der Waals surface area contributed by atoms with Crippen molar-refractivity contribution >= 4 is 9.84 Å². The monoisotopic (exact) mass is 271 g/mol. The summed E-state index contributed by atoms with van der Waals surface area (Å²) in [6.07, 6.45) is 0. The van der Waals surface area contributed by atoms with Crippen LogP contribution in [0.5, 0.6) is 0 Å². The van der Waals surface area contributed by atoms with Crippen LogP contribution in [0.3, 0.4) is 0 Å². The molecule has 18 heavy (non-hydrogen) atoms. The number of ether oxygens (including phenoxy) is 1. The Balaban J connectivity index is 2.96. The third-order valence-electron chi connectivity index (χ3n) is 3.20. The van der Waals surface area contributed by atoms with Gasteiger partial charge < -0.3 is 10.1 Å². The van der Waals surface area contributed by atoms with Gasteiger partial charge in [0.1, 0.15) is 0 Å². The molecule has 1 atom stereocenters. The fourth-order valence-electron chi connectivity index (χ4n) is 1.72. The van der Waals surface area contributed by atoms with Gasteiger partial charge >= 0.3 is 0 Å². The molecule has 0 spiro atoms. The summed E-state index contributed by atoms with van der Waals surface area (Å²) >= 11 is 0. The SMILES string of the molecule is CNC(CS(=O)(=O)c1ccccc1)C(C)(C)OC. The molecular weight excluding hydrogens is 250 g/mol. The smallest absolute Gasteiger partial charge is 0.180 e. The summed E-state index contributed by atoms with van der Waals surface area (Å²) in [7, 11) is 0.0175. The topological polar surface area (TPSA) is 55.4 Å². The summed E-state index contributed by atoms with van der Waals surface area (Å²) in [6, 6.07) is 8.20. The van der Waals surface area contributed by atoms with Crippen molar-refractivity contribution < 1.29 is 13.2 Å². The molecule has 4 nitrogen and oxygen atoms in total. The average molecular weight is 271 g/mol. The number of sulfone groups is 1. The van der Waals surface area contributed by atoms with Crippen LogP contribution in [0.25, 0.3) is 0 Å². The second kappa shape index (κ2) is 5.82. The van der Waals surface area contributed by atoms with Crippen molar-refractivity contribution in [3.05, 3.63) is 30.3 Å². The number of nitrogens with one attached hydrogen (secondary N) is 1. The Hall–Kier alpha value is -0.910. The summed E-state index contributed by atoms with van der Waals surface area (Å²) < 4.78 is 29.9. The lowest BCUT2D eigenvalue weighted by Crippen LogP contribution is -2.50. The van der Waals surface area contributed by atoms with E-state index >= 15 is 0 Å². The van der Waals surface area contributed by atoms with Crippen LogP contribution >= 0.6 is 0 Å². The van der Waals surface area contributed by atoms with Gasteiger partial charge in [-0.05, 0) is 33.0 Å². The fraction of sp³-hybridized carbons (Fsp3) is 0.538. The molecule has 0 fully saturated rings. The molecule has 102 valence electrons. The van der Waals surface area contributed by atoms with Gasteiger partial charge in [-0.25, -0.2) is 8.42 Å². The lowest BCUT2D eigenvalue weighted by molar-refractivity contribution is -0.00201. The van der Waals surface area contributed by atoms with Crippen molar-refractivity contribution in [1.29, 1.82) is 0 Å². The van der Waals surface area contributed by atoms with Crippen LogP contribution in [0.15, 0.2) is 35.2 Å². The highest BCUT2D eigenvalue weighted by Gasteiger charge is 2.32. The van der Waals surface area contributed by atoms with Gasteiger partial charge in [0.05, 0.1) is 16.2 Å². The maximum Gasteiger partial charge on any atom is 0.180 e. The lowest BCUT2D eigenvalue weighted by Gasteiger charge is -2.32. The Morgan fingerprint density at radius 1 is 1.28 bits per heavy atom. The minimum absolute atomic E-state index is 0.00829. The number of benzene rings is 1. The molecule has 1 rings (SSSR count). The van der Waals surface area contributed by atoms with Crippen LogP contribution in [0.4, 0.5) is 0 Å². The molecule has 0 aromatic heterocycles. The molecule has 0 amide bonds. The van der Waals surface area contributed by atoms with Gasteiger partial charge in [0.15, 0.2) is 9.84 Å². The highest BCUT2D eigenvalue weighted by atomic mass is 32.2. The lowest BCUT2D eigenvalue weighted by atomic mass is 10.0. The van der Waals surface area contributed by atoms with E-state index in [1.807, 2.05) is 13.8 Å².